The Morgan fingerprint density at radius 2 is 1.76 bits per heavy atom. The molecule has 2 N–H and O–H groups in total. The molecule has 0 spiro atoms. The summed E-state index contributed by atoms with van der Waals surface area (Å²) in [6, 6.07) is 17.0. The van der Waals surface area contributed by atoms with Crippen LogP contribution in [0, 0.1) is 0 Å². The van der Waals surface area contributed by atoms with Crippen LogP contribution in [0.2, 0.25) is 0 Å². The fraction of sp³-hybridized carbons (Fsp3) is 0.190. The van der Waals surface area contributed by atoms with Gasteiger partial charge in [-0.3, -0.25) is 0 Å². The van der Waals surface area contributed by atoms with E-state index in [1.165, 1.54) is 6.33 Å². The molecule has 148 valence electrons. The Labute approximate surface area is 167 Å². The molecule has 0 bridgehead atoms. The predicted octanol–water partition coefficient (Wildman–Crippen LogP) is 2.95. The van der Waals surface area contributed by atoms with Crippen LogP contribution in [0.4, 0.5) is 5.82 Å². The molecule has 0 amide bonds. The lowest BCUT2D eigenvalue weighted by Gasteiger charge is -2.16. The minimum absolute atomic E-state index is 0.253. The summed E-state index contributed by atoms with van der Waals surface area (Å²) in [7, 11) is 3.15. The number of aromatic nitrogens is 4. The van der Waals surface area contributed by atoms with Crippen LogP contribution in [-0.2, 0) is 0 Å². The molecule has 0 fully saturated rings. The maximum atomic E-state index is 10.7. The highest BCUT2D eigenvalue weighted by atomic mass is 16.5. The van der Waals surface area contributed by atoms with Gasteiger partial charge in [-0.2, -0.15) is 14.6 Å². The molecule has 1 unspecified atom stereocenters. The summed E-state index contributed by atoms with van der Waals surface area (Å²) >= 11 is 0. The second-order valence-electron chi connectivity index (χ2n) is 6.41. The largest absolute Gasteiger partial charge is 0.497 e. The quantitative estimate of drug-likeness (QED) is 0.500. The zero-order valence-corrected chi connectivity index (χ0v) is 16.1. The lowest BCUT2D eigenvalue weighted by atomic mass is 10.1. The predicted molar refractivity (Wildman–Crippen MR) is 109 cm³/mol. The fourth-order valence-electron chi connectivity index (χ4n) is 3.04. The topological polar surface area (TPSA) is 93.8 Å². The summed E-state index contributed by atoms with van der Waals surface area (Å²) in [5.41, 5.74) is 2.42. The van der Waals surface area contributed by atoms with Crippen molar-refractivity contribution in [2.45, 2.75) is 6.10 Å². The Hall–Kier alpha value is -3.65. The van der Waals surface area contributed by atoms with Crippen LogP contribution in [0.1, 0.15) is 11.7 Å². The van der Waals surface area contributed by atoms with Gasteiger partial charge < -0.3 is 19.9 Å². The smallest absolute Gasteiger partial charge is 0.254 e. The molecule has 0 aliphatic rings. The van der Waals surface area contributed by atoms with Gasteiger partial charge in [-0.1, -0.05) is 30.3 Å². The number of benzene rings is 2. The van der Waals surface area contributed by atoms with E-state index in [1.807, 2.05) is 36.4 Å². The number of hydrogen-bond acceptors (Lipinski definition) is 7. The lowest BCUT2D eigenvalue weighted by Crippen LogP contribution is -2.15. The zero-order chi connectivity index (χ0) is 20.2. The Bertz CT molecular complexity index is 1090. The number of ether oxygens (including phenoxy) is 2. The van der Waals surface area contributed by atoms with Gasteiger partial charge in [0, 0.05) is 24.2 Å². The molecule has 29 heavy (non-hydrogen) atoms. The number of aliphatic hydroxyl groups excluding tert-OH is 1. The molecule has 2 heterocycles. The average molecular weight is 391 g/mol. The van der Waals surface area contributed by atoms with Crippen LogP contribution < -0.4 is 14.8 Å². The first kappa shape index (κ1) is 18.7. The summed E-state index contributed by atoms with van der Waals surface area (Å²) in [6.45, 7) is 0.253. The SMILES string of the molecule is COc1cc(OC)cc(C(O)CNc2cc(-c3ccccc3)nc3ncnn23)c1. The summed E-state index contributed by atoms with van der Waals surface area (Å²) in [6.07, 6.45) is 0.664. The monoisotopic (exact) mass is 391 g/mol. The van der Waals surface area contributed by atoms with E-state index in [1.54, 1.807) is 36.9 Å². The van der Waals surface area contributed by atoms with Gasteiger partial charge in [-0.05, 0) is 17.7 Å². The first-order valence-corrected chi connectivity index (χ1v) is 9.09. The van der Waals surface area contributed by atoms with Crippen molar-refractivity contribution >= 4 is 11.6 Å². The summed E-state index contributed by atoms with van der Waals surface area (Å²) < 4.78 is 12.2. The minimum Gasteiger partial charge on any atom is -0.497 e. The first-order valence-electron chi connectivity index (χ1n) is 9.09. The number of fused-ring (bicyclic) bond motifs is 1. The highest BCUT2D eigenvalue weighted by Crippen LogP contribution is 2.27. The molecule has 4 aromatic rings. The molecule has 0 radical (unpaired) electrons. The molecule has 8 heteroatoms. The number of methoxy groups -OCH3 is 2. The molecular formula is C21H21N5O3. The fourth-order valence-corrected chi connectivity index (χ4v) is 3.04. The van der Waals surface area contributed by atoms with Gasteiger partial charge in [0.25, 0.3) is 5.78 Å². The molecular weight excluding hydrogens is 370 g/mol. The van der Waals surface area contributed by atoms with Gasteiger partial charge in [0.05, 0.1) is 26.0 Å². The third-order valence-corrected chi connectivity index (χ3v) is 4.56. The molecule has 4 rings (SSSR count). The summed E-state index contributed by atoms with van der Waals surface area (Å²) in [5, 5.41) is 18.2. The van der Waals surface area contributed by atoms with Crippen molar-refractivity contribution in [2.75, 3.05) is 26.1 Å². The number of nitrogens with one attached hydrogen (secondary N) is 1. The highest BCUT2D eigenvalue weighted by molar-refractivity contribution is 5.65. The first-order chi connectivity index (χ1) is 14.2. The van der Waals surface area contributed by atoms with Crippen molar-refractivity contribution in [2.24, 2.45) is 0 Å². The van der Waals surface area contributed by atoms with Gasteiger partial charge in [-0.25, -0.2) is 4.98 Å². The number of rotatable bonds is 7. The van der Waals surface area contributed by atoms with Gasteiger partial charge in [0.2, 0.25) is 0 Å². The lowest BCUT2D eigenvalue weighted by molar-refractivity contribution is 0.190. The number of aliphatic hydroxyl groups is 1. The molecule has 2 aromatic heterocycles. The molecule has 8 nitrogen and oxygen atoms in total. The highest BCUT2D eigenvalue weighted by Gasteiger charge is 2.14. The Kier molecular flexibility index (Phi) is 5.26. The summed E-state index contributed by atoms with van der Waals surface area (Å²) in [5.74, 6) is 2.39. The molecule has 0 saturated heterocycles. The van der Waals surface area contributed by atoms with Crippen LogP contribution in [-0.4, -0.2) is 45.5 Å². The third-order valence-electron chi connectivity index (χ3n) is 4.56. The van der Waals surface area contributed by atoms with Crippen molar-refractivity contribution in [1.82, 2.24) is 19.6 Å². The van der Waals surface area contributed by atoms with Crippen LogP contribution in [0.15, 0.2) is 60.9 Å². The van der Waals surface area contributed by atoms with Crippen LogP contribution in [0.5, 0.6) is 11.5 Å². The third kappa shape index (κ3) is 3.97. The molecule has 0 aliphatic carbocycles. The standard InChI is InChI=1S/C21H21N5O3/c1-28-16-8-15(9-17(10-16)29-2)19(27)12-22-20-11-18(14-6-4-3-5-7-14)25-21-23-13-24-26(20)21/h3-11,13,19,22,27H,12H2,1-2H3. The number of anilines is 1. The van der Waals surface area contributed by atoms with Gasteiger partial charge in [-0.15, -0.1) is 0 Å². The summed E-state index contributed by atoms with van der Waals surface area (Å²) in [4.78, 5) is 8.75. The van der Waals surface area contributed by atoms with Crippen molar-refractivity contribution in [3.8, 4) is 22.8 Å². The Morgan fingerprint density at radius 3 is 2.45 bits per heavy atom. The van der Waals surface area contributed by atoms with Gasteiger partial charge >= 0.3 is 0 Å². The van der Waals surface area contributed by atoms with Crippen molar-refractivity contribution in [3.05, 3.63) is 66.5 Å². The molecule has 0 aliphatic heterocycles. The van der Waals surface area contributed by atoms with E-state index in [0.717, 1.165) is 11.3 Å². The van der Waals surface area contributed by atoms with E-state index in [0.29, 0.717) is 28.7 Å². The van der Waals surface area contributed by atoms with Crippen molar-refractivity contribution < 1.29 is 14.6 Å². The normalized spacial score (nSPS) is 12.0. The van der Waals surface area contributed by atoms with E-state index in [4.69, 9.17) is 9.47 Å². The molecule has 0 saturated carbocycles. The van der Waals surface area contributed by atoms with Gasteiger partial charge in [0.15, 0.2) is 0 Å². The number of hydrogen-bond donors (Lipinski definition) is 2. The van der Waals surface area contributed by atoms with E-state index in [9.17, 15) is 5.11 Å². The molecule has 1 atom stereocenters. The van der Waals surface area contributed by atoms with Crippen LogP contribution in [0.25, 0.3) is 17.0 Å². The molecule has 2 aromatic carbocycles. The Morgan fingerprint density at radius 1 is 1.03 bits per heavy atom. The second kappa shape index (κ2) is 8.15. The van der Waals surface area contributed by atoms with E-state index in [2.05, 4.69) is 20.4 Å². The van der Waals surface area contributed by atoms with Crippen LogP contribution in [0.3, 0.4) is 0 Å². The van der Waals surface area contributed by atoms with E-state index in [-0.39, 0.29) is 6.54 Å². The second-order valence-corrected chi connectivity index (χ2v) is 6.41. The van der Waals surface area contributed by atoms with E-state index >= 15 is 0 Å². The van der Waals surface area contributed by atoms with Crippen molar-refractivity contribution in [1.29, 1.82) is 0 Å². The zero-order valence-electron chi connectivity index (χ0n) is 16.1. The minimum atomic E-state index is -0.786. The number of nitrogens with zero attached hydrogens (tertiary/aromatic N) is 4. The van der Waals surface area contributed by atoms with Gasteiger partial charge in [0.1, 0.15) is 23.6 Å². The average Bonchev–Trinajstić information content (AvgIpc) is 3.26. The van der Waals surface area contributed by atoms with Crippen LogP contribution >= 0.6 is 0 Å². The Balaban J connectivity index is 1.60. The van der Waals surface area contributed by atoms with Crippen molar-refractivity contribution in [3.63, 3.8) is 0 Å². The maximum Gasteiger partial charge on any atom is 0.254 e. The van der Waals surface area contributed by atoms with E-state index < -0.39 is 6.10 Å². The maximum absolute atomic E-state index is 10.7.